The molecule has 1 aliphatic heterocycles. The number of nitrogens with zero attached hydrogens (tertiary/aromatic N) is 2. The molecule has 0 fully saturated rings. The molecule has 2 aromatic rings. The van der Waals surface area contributed by atoms with Crippen LogP contribution in [0.1, 0.15) is 41.3 Å². The highest BCUT2D eigenvalue weighted by Crippen LogP contribution is 2.25. The number of carbonyl (C=O) groups is 3. The Bertz CT molecular complexity index is 997. The zero-order chi connectivity index (χ0) is 21.0. The van der Waals surface area contributed by atoms with Crippen molar-refractivity contribution in [1.82, 2.24) is 5.32 Å². The van der Waals surface area contributed by atoms with Crippen LogP contribution in [-0.2, 0) is 9.59 Å². The first-order chi connectivity index (χ1) is 13.9. The minimum Gasteiger partial charge on any atom is -0.352 e. The fourth-order valence-corrected chi connectivity index (χ4v) is 3.06. The highest BCUT2D eigenvalue weighted by molar-refractivity contribution is 6.44. The number of amides is 3. The molecular weight excluding hydrogens is 368 g/mol. The lowest BCUT2D eigenvalue weighted by Gasteiger charge is -2.24. The normalized spacial score (nSPS) is 13.7. The van der Waals surface area contributed by atoms with Crippen LogP contribution in [0.25, 0.3) is 0 Å². The van der Waals surface area contributed by atoms with Gasteiger partial charge in [0.25, 0.3) is 11.8 Å². The van der Waals surface area contributed by atoms with Gasteiger partial charge in [-0.05, 0) is 56.2 Å². The third-order valence-electron chi connectivity index (χ3n) is 4.61. The molecule has 1 aliphatic rings. The van der Waals surface area contributed by atoms with Gasteiger partial charge in [-0.3, -0.25) is 14.4 Å². The number of rotatable bonds is 5. The molecular formula is C22H24N4O3. The Morgan fingerprint density at radius 2 is 1.86 bits per heavy atom. The molecule has 2 aromatic carbocycles. The van der Waals surface area contributed by atoms with Crippen LogP contribution in [0.2, 0.25) is 0 Å². The van der Waals surface area contributed by atoms with Crippen molar-refractivity contribution in [2.45, 2.75) is 33.6 Å². The number of hydrogen-bond donors (Lipinski definition) is 2. The molecule has 0 bridgehead atoms. The average molecular weight is 392 g/mol. The second-order valence-corrected chi connectivity index (χ2v) is 6.94. The molecule has 0 unspecified atom stereocenters. The minimum absolute atomic E-state index is 0.145. The quantitative estimate of drug-likeness (QED) is 0.819. The van der Waals surface area contributed by atoms with Gasteiger partial charge in [-0.15, -0.1) is 0 Å². The van der Waals surface area contributed by atoms with Crippen molar-refractivity contribution < 1.29 is 14.4 Å². The molecule has 0 saturated carbocycles. The van der Waals surface area contributed by atoms with E-state index in [1.807, 2.05) is 39.0 Å². The molecule has 3 rings (SSSR count). The van der Waals surface area contributed by atoms with Gasteiger partial charge in [0.1, 0.15) is 5.71 Å². The fourth-order valence-electron chi connectivity index (χ4n) is 3.06. The lowest BCUT2D eigenvalue weighted by molar-refractivity contribution is -0.118. The largest absolute Gasteiger partial charge is 0.352 e. The van der Waals surface area contributed by atoms with Crippen LogP contribution in [0.3, 0.4) is 0 Å². The first kappa shape index (κ1) is 20.3. The van der Waals surface area contributed by atoms with Crippen LogP contribution in [0.4, 0.5) is 11.4 Å². The van der Waals surface area contributed by atoms with E-state index in [4.69, 9.17) is 0 Å². The number of aryl methyl sites for hydroxylation is 2. The van der Waals surface area contributed by atoms with E-state index in [2.05, 4.69) is 15.7 Å². The first-order valence-corrected chi connectivity index (χ1v) is 9.56. The van der Waals surface area contributed by atoms with Gasteiger partial charge in [0.05, 0.1) is 5.69 Å². The molecule has 2 N–H and O–H groups in total. The van der Waals surface area contributed by atoms with Gasteiger partial charge in [-0.1, -0.05) is 18.2 Å². The first-order valence-electron chi connectivity index (χ1n) is 9.56. The molecule has 29 heavy (non-hydrogen) atoms. The van der Waals surface area contributed by atoms with Crippen molar-refractivity contribution in [3.63, 3.8) is 0 Å². The Hall–Kier alpha value is -3.48. The second kappa shape index (κ2) is 8.68. The number of hydrazone groups is 1. The Balaban J connectivity index is 1.82. The lowest BCUT2D eigenvalue weighted by Crippen LogP contribution is -2.36. The van der Waals surface area contributed by atoms with Crippen LogP contribution < -0.4 is 15.6 Å². The molecule has 1 heterocycles. The molecule has 0 aliphatic carbocycles. The van der Waals surface area contributed by atoms with E-state index >= 15 is 0 Å². The van der Waals surface area contributed by atoms with Crippen LogP contribution in [0.5, 0.6) is 0 Å². The maximum atomic E-state index is 12.7. The molecule has 3 amide bonds. The molecule has 0 saturated heterocycles. The predicted molar refractivity (Wildman–Crippen MR) is 113 cm³/mol. The van der Waals surface area contributed by atoms with Gasteiger partial charge in [0.15, 0.2) is 0 Å². The fraction of sp³-hybridized carbons (Fsp3) is 0.273. The summed E-state index contributed by atoms with van der Waals surface area (Å²) in [6.45, 7) is 6.21. The number of benzene rings is 2. The highest BCUT2D eigenvalue weighted by atomic mass is 16.2. The molecule has 0 spiro atoms. The van der Waals surface area contributed by atoms with Crippen molar-refractivity contribution >= 4 is 34.8 Å². The number of anilines is 2. The Morgan fingerprint density at radius 3 is 2.62 bits per heavy atom. The Morgan fingerprint density at radius 1 is 1.07 bits per heavy atom. The molecule has 150 valence electrons. The Labute approximate surface area is 169 Å². The number of carbonyl (C=O) groups excluding carboxylic acids is 3. The predicted octanol–water partition coefficient (Wildman–Crippen LogP) is 3.17. The average Bonchev–Trinajstić information content (AvgIpc) is 2.70. The van der Waals surface area contributed by atoms with Gasteiger partial charge in [-0.25, -0.2) is 5.01 Å². The maximum Gasteiger partial charge on any atom is 0.271 e. The van der Waals surface area contributed by atoms with E-state index in [9.17, 15) is 14.4 Å². The summed E-state index contributed by atoms with van der Waals surface area (Å²) >= 11 is 0. The molecule has 0 aromatic heterocycles. The summed E-state index contributed by atoms with van der Waals surface area (Å²) in [5.41, 5.74) is 3.82. The number of hydrogen-bond acceptors (Lipinski definition) is 4. The van der Waals surface area contributed by atoms with Crippen molar-refractivity contribution in [3.8, 4) is 0 Å². The van der Waals surface area contributed by atoms with Gasteiger partial charge in [0.2, 0.25) is 5.91 Å². The standard InChI is InChI=1S/C22H24N4O3/c1-4-23-21(28)16-6-5-7-17(13-16)24-22(29)18-10-11-20(27)26(25-18)19-12-14(2)8-9-15(19)3/h5-9,12-13H,4,10-11H2,1-3H3,(H,23,28)(H,24,29). The summed E-state index contributed by atoms with van der Waals surface area (Å²) in [5.74, 6) is -0.736. The van der Waals surface area contributed by atoms with Gasteiger partial charge < -0.3 is 10.6 Å². The summed E-state index contributed by atoms with van der Waals surface area (Å²) in [6.07, 6.45) is 0.473. The molecule has 0 atom stereocenters. The van der Waals surface area contributed by atoms with Crippen molar-refractivity contribution in [2.75, 3.05) is 16.9 Å². The van der Waals surface area contributed by atoms with E-state index in [-0.39, 0.29) is 36.3 Å². The van der Waals surface area contributed by atoms with E-state index in [1.54, 1.807) is 24.3 Å². The second-order valence-electron chi connectivity index (χ2n) is 6.94. The number of nitrogens with one attached hydrogen (secondary N) is 2. The zero-order valence-electron chi connectivity index (χ0n) is 16.8. The topological polar surface area (TPSA) is 90.9 Å². The highest BCUT2D eigenvalue weighted by Gasteiger charge is 2.26. The third kappa shape index (κ3) is 4.68. The van der Waals surface area contributed by atoms with E-state index in [0.29, 0.717) is 23.5 Å². The van der Waals surface area contributed by atoms with Gasteiger partial charge >= 0.3 is 0 Å². The summed E-state index contributed by atoms with van der Waals surface area (Å²) in [4.78, 5) is 37.1. The molecule has 7 heteroatoms. The summed E-state index contributed by atoms with van der Waals surface area (Å²) < 4.78 is 0. The molecule has 7 nitrogen and oxygen atoms in total. The van der Waals surface area contributed by atoms with Crippen molar-refractivity contribution in [2.24, 2.45) is 5.10 Å². The van der Waals surface area contributed by atoms with Gasteiger partial charge in [0, 0.05) is 30.6 Å². The van der Waals surface area contributed by atoms with Crippen molar-refractivity contribution in [1.29, 1.82) is 0 Å². The van der Waals surface area contributed by atoms with Gasteiger partial charge in [-0.2, -0.15) is 5.10 Å². The Kier molecular flexibility index (Phi) is 6.07. The smallest absolute Gasteiger partial charge is 0.271 e. The van der Waals surface area contributed by atoms with Crippen LogP contribution in [0.15, 0.2) is 47.6 Å². The monoisotopic (exact) mass is 392 g/mol. The zero-order valence-corrected chi connectivity index (χ0v) is 16.8. The summed E-state index contributed by atoms with van der Waals surface area (Å²) in [5, 5.41) is 11.1. The molecule has 0 radical (unpaired) electrons. The summed E-state index contributed by atoms with van der Waals surface area (Å²) in [7, 11) is 0. The van der Waals surface area contributed by atoms with E-state index in [0.717, 1.165) is 11.1 Å². The van der Waals surface area contributed by atoms with Crippen LogP contribution in [-0.4, -0.2) is 30.0 Å². The maximum absolute atomic E-state index is 12.7. The lowest BCUT2D eigenvalue weighted by atomic mass is 10.1. The van der Waals surface area contributed by atoms with E-state index < -0.39 is 0 Å². The van der Waals surface area contributed by atoms with Crippen molar-refractivity contribution in [3.05, 3.63) is 59.2 Å². The third-order valence-corrected chi connectivity index (χ3v) is 4.61. The minimum atomic E-state index is -0.388. The van der Waals surface area contributed by atoms with Crippen LogP contribution >= 0.6 is 0 Å². The van der Waals surface area contributed by atoms with E-state index in [1.165, 1.54) is 5.01 Å². The van der Waals surface area contributed by atoms with Crippen LogP contribution in [0, 0.1) is 13.8 Å². The SMILES string of the molecule is CCNC(=O)c1cccc(NC(=O)C2=NN(c3cc(C)ccc3C)C(=O)CC2)c1. The summed E-state index contributed by atoms with van der Waals surface area (Å²) in [6, 6.07) is 12.5.